The van der Waals surface area contributed by atoms with E-state index in [4.69, 9.17) is 17.3 Å². The second kappa shape index (κ2) is 7.07. The molecule has 21 heavy (non-hydrogen) atoms. The molecule has 0 saturated heterocycles. The van der Waals surface area contributed by atoms with Gasteiger partial charge in [0, 0.05) is 22.2 Å². The predicted molar refractivity (Wildman–Crippen MR) is 90.7 cm³/mol. The fourth-order valence-electron chi connectivity index (χ4n) is 2.05. The zero-order valence-electron chi connectivity index (χ0n) is 11.6. The van der Waals surface area contributed by atoms with E-state index < -0.39 is 6.04 Å². The average molecular weight is 368 g/mol. The molecule has 0 saturated carbocycles. The first-order valence-electron chi connectivity index (χ1n) is 6.50. The van der Waals surface area contributed by atoms with Crippen LogP contribution < -0.4 is 10.6 Å². The molecule has 110 valence electrons. The van der Waals surface area contributed by atoms with Gasteiger partial charge in [-0.25, -0.2) is 0 Å². The van der Waals surface area contributed by atoms with Crippen molar-refractivity contribution in [2.24, 2.45) is 5.73 Å². The van der Waals surface area contributed by atoms with E-state index in [1.807, 2.05) is 24.3 Å². The Bertz CT molecular complexity index is 630. The first kappa shape index (κ1) is 16.0. The van der Waals surface area contributed by atoms with Crippen molar-refractivity contribution in [1.82, 2.24) is 0 Å². The van der Waals surface area contributed by atoms with E-state index in [1.165, 1.54) is 0 Å². The van der Waals surface area contributed by atoms with Crippen LogP contribution in [-0.2, 0) is 11.2 Å². The highest BCUT2D eigenvalue weighted by atomic mass is 79.9. The molecule has 0 heterocycles. The highest BCUT2D eigenvalue weighted by Gasteiger charge is 2.19. The maximum Gasteiger partial charge on any atom is 0.243 e. The van der Waals surface area contributed by atoms with Crippen molar-refractivity contribution in [3.8, 4) is 0 Å². The number of anilines is 1. The van der Waals surface area contributed by atoms with E-state index in [-0.39, 0.29) is 5.91 Å². The van der Waals surface area contributed by atoms with E-state index in [1.54, 1.807) is 36.2 Å². The largest absolute Gasteiger partial charge is 0.320 e. The third kappa shape index (κ3) is 4.30. The quantitative estimate of drug-likeness (QED) is 0.897. The van der Waals surface area contributed by atoms with Crippen LogP contribution in [0.15, 0.2) is 53.0 Å². The number of hydrogen-bond donors (Lipinski definition) is 1. The Morgan fingerprint density at radius 2 is 1.95 bits per heavy atom. The van der Waals surface area contributed by atoms with Crippen LogP contribution in [0.2, 0.25) is 5.02 Å². The van der Waals surface area contributed by atoms with Gasteiger partial charge in [-0.1, -0.05) is 39.7 Å². The molecule has 2 aromatic carbocycles. The molecule has 0 aliphatic heterocycles. The van der Waals surface area contributed by atoms with Crippen molar-refractivity contribution in [2.45, 2.75) is 12.5 Å². The number of nitrogens with zero attached hydrogens (tertiary/aromatic N) is 1. The van der Waals surface area contributed by atoms with E-state index >= 15 is 0 Å². The fourth-order valence-corrected chi connectivity index (χ4v) is 2.62. The summed E-state index contributed by atoms with van der Waals surface area (Å²) in [6.45, 7) is 0. The SMILES string of the molecule is CN(C(=O)[C@@H](N)Cc1cccc(Br)c1)c1ccc(Cl)cc1. The lowest BCUT2D eigenvalue weighted by Gasteiger charge is -2.21. The monoisotopic (exact) mass is 366 g/mol. The molecular formula is C16H16BrClN2O. The summed E-state index contributed by atoms with van der Waals surface area (Å²) in [6.07, 6.45) is 0.496. The summed E-state index contributed by atoms with van der Waals surface area (Å²) in [4.78, 5) is 13.9. The topological polar surface area (TPSA) is 46.3 Å². The predicted octanol–water partition coefficient (Wildman–Crippen LogP) is 3.64. The lowest BCUT2D eigenvalue weighted by molar-refractivity contribution is -0.119. The van der Waals surface area contributed by atoms with E-state index in [9.17, 15) is 4.79 Å². The zero-order chi connectivity index (χ0) is 15.4. The molecule has 0 spiro atoms. The Morgan fingerprint density at radius 1 is 1.29 bits per heavy atom. The number of hydrogen-bond acceptors (Lipinski definition) is 2. The minimum atomic E-state index is -0.583. The van der Waals surface area contributed by atoms with E-state index in [0.29, 0.717) is 11.4 Å². The van der Waals surface area contributed by atoms with Gasteiger partial charge < -0.3 is 10.6 Å². The van der Waals surface area contributed by atoms with Gasteiger partial charge in [-0.3, -0.25) is 4.79 Å². The molecule has 1 atom stereocenters. The standard InChI is InChI=1S/C16H16BrClN2O/c1-20(14-7-5-13(18)6-8-14)16(21)15(19)10-11-3-2-4-12(17)9-11/h2-9,15H,10,19H2,1H3/t15-/m0/s1. The zero-order valence-corrected chi connectivity index (χ0v) is 13.9. The van der Waals surface area contributed by atoms with Gasteiger partial charge in [0.15, 0.2) is 0 Å². The van der Waals surface area contributed by atoms with Gasteiger partial charge >= 0.3 is 0 Å². The van der Waals surface area contributed by atoms with Gasteiger partial charge in [-0.2, -0.15) is 0 Å². The van der Waals surface area contributed by atoms with Gasteiger partial charge in [0.2, 0.25) is 5.91 Å². The maximum atomic E-state index is 12.4. The summed E-state index contributed by atoms with van der Waals surface area (Å²) in [5.74, 6) is -0.128. The number of amides is 1. The van der Waals surface area contributed by atoms with Crippen LogP contribution in [0, 0.1) is 0 Å². The summed E-state index contributed by atoms with van der Waals surface area (Å²) >= 11 is 9.26. The van der Waals surface area contributed by atoms with Crippen molar-refractivity contribution in [3.05, 3.63) is 63.6 Å². The van der Waals surface area contributed by atoms with Crippen LogP contribution in [0.3, 0.4) is 0 Å². The highest BCUT2D eigenvalue weighted by Crippen LogP contribution is 2.18. The molecule has 0 radical (unpaired) electrons. The van der Waals surface area contributed by atoms with Gasteiger partial charge in [0.05, 0.1) is 6.04 Å². The molecule has 3 nitrogen and oxygen atoms in total. The molecule has 0 aliphatic carbocycles. The third-order valence-corrected chi connectivity index (χ3v) is 3.95. The number of carbonyl (C=O) groups excluding carboxylic acids is 1. The first-order valence-corrected chi connectivity index (χ1v) is 7.67. The number of carbonyl (C=O) groups is 1. The lowest BCUT2D eigenvalue weighted by atomic mass is 10.1. The molecule has 2 N–H and O–H groups in total. The van der Waals surface area contributed by atoms with Crippen molar-refractivity contribution in [1.29, 1.82) is 0 Å². The maximum absolute atomic E-state index is 12.4. The minimum absolute atomic E-state index is 0.128. The second-order valence-electron chi connectivity index (χ2n) is 4.81. The smallest absolute Gasteiger partial charge is 0.243 e. The number of likely N-dealkylation sites (N-methyl/N-ethyl adjacent to an activating group) is 1. The Balaban J connectivity index is 2.06. The molecule has 2 aromatic rings. The number of rotatable bonds is 4. The molecule has 2 rings (SSSR count). The van der Waals surface area contributed by atoms with Crippen molar-refractivity contribution in [3.63, 3.8) is 0 Å². The molecule has 0 aliphatic rings. The van der Waals surface area contributed by atoms with Crippen molar-refractivity contribution < 1.29 is 4.79 Å². The summed E-state index contributed by atoms with van der Waals surface area (Å²) in [5, 5.41) is 0.637. The van der Waals surface area contributed by atoms with Gasteiger partial charge in [0.1, 0.15) is 0 Å². The molecule has 0 bridgehead atoms. The van der Waals surface area contributed by atoms with Gasteiger partial charge in [-0.05, 0) is 48.4 Å². The van der Waals surface area contributed by atoms with Crippen LogP contribution in [0.4, 0.5) is 5.69 Å². The molecule has 0 unspecified atom stereocenters. The summed E-state index contributed by atoms with van der Waals surface area (Å²) in [5.41, 5.74) is 7.83. The third-order valence-electron chi connectivity index (χ3n) is 3.21. The summed E-state index contributed by atoms with van der Waals surface area (Å²) in [6, 6.07) is 14.3. The molecule has 1 amide bonds. The summed E-state index contributed by atoms with van der Waals surface area (Å²) in [7, 11) is 1.71. The van der Waals surface area contributed by atoms with Gasteiger partial charge in [-0.15, -0.1) is 0 Å². The highest BCUT2D eigenvalue weighted by molar-refractivity contribution is 9.10. The van der Waals surface area contributed by atoms with Crippen molar-refractivity contribution in [2.75, 3.05) is 11.9 Å². The summed E-state index contributed by atoms with van der Waals surface area (Å²) < 4.78 is 0.978. The minimum Gasteiger partial charge on any atom is -0.320 e. The van der Waals surface area contributed by atoms with Gasteiger partial charge in [0.25, 0.3) is 0 Å². The Hall–Kier alpha value is -1.36. The second-order valence-corrected chi connectivity index (χ2v) is 6.17. The van der Waals surface area contributed by atoms with Crippen LogP contribution in [0.1, 0.15) is 5.56 Å². The van der Waals surface area contributed by atoms with Crippen LogP contribution in [0.5, 0.6) is 0 Å². The average Bonchev–Trinajstić information content (AvgIpc) is 2.46. The fraction of sp³-hybridized carbons (Fsp3) is 0.188. The Morgan fingerprint density at radius 3 is 2.57 bits per heavy atom. The van der Waals surface area contributed by atoms with E-state index in [2.05, 4.69) is 15.9 Å². The normalized spacial score (nSPS) is 12.0. The molecule has 0 fully saturated rings. The van der Waals surface area contributed by atoms with Crippen LogP contribution in [0.25, 0.3) is 0 Å². The van der Waals surface area contributed by atoms with Crippen LogP contribution >= 0.6 is 27.5 Å². The molecule has 5 heteroatoms. The van der Waals surface area contributed by atoms with Crippen molar-refractivity contribution >= 4 is 39.1 Å². The van der Waals surface area contributed by atoms with Crippen LogP contribution in [-0.4, -0.2) is 19.0 Å². The molecular weight excluding hydrogens is 352 g/mol. The lowest BCUT2D eigenvalue weighted by Crippen LogP contribution is -2.43. The Labute approximate surface area is 137 Å². The molecule has 0 aromatic heterocycles. The Kier molecular flexibility index (Phi) is 5.39. The number of halogens is 2. The number of nitrogens with two attached hydrogens (primary N) is 1. The van der Waals surface area contributed by atoms with E-state index in [0.717, 1.165) is 15.7 Å². The number of benzene rings is 2. The first-order chi connectivity index (χ1) is 9.97.